The molecule has 1 fully saturated rings. The second-order valence-corrected chi connectivity index (χ2v) is 5.30. The molecule has 6 heteroatoms. The fourth-order valence-corrected chi connectivity index (χ4v) is 1.78. The highest BCUT2D eigenvalue weighted by molar-refractivity contribution is 5.43. The molecule has 0 saturated heterocycles. The number of rotatable bonds is 8. The van der Waals surface area contributed by atoms with Gasteiger partial charge in [-0.15, -0.1) is 0 Å². The van der Waals surface area contributed by atoms with Gasteiger partial charge in [-0.3, -0.25) is 10.1 Å². The topological polar surface area (TPSA) is 84.6 Å². The van der Waals surface area contributed by atoms with Crippen LogP contribution in [-0.4, -0.2) is 29.3 Å². The maximum absolute atomic E-state index is 10.8. The normalized spacial score (nSPS) is 15.9. The zero-order valence-electron chi connectivity index (χ0n) is 11.5. The highest BCUT2D eigenvalue weighted by atomic mass is 16.6. The zero-order valence-corrected chi connectivity index (χ0v) is 11.5. The zero-order chi connectivity index (χ0) is 14.5. The van der Waals surface area contributed by atoms with Crippen molar-refractivity contribution in [1.82, 2.24) is 5.32 Å². The Bertz CT molecular complexity index is 474. The molecule has 0 bridgehead atoms. The smallest absolute Gasteiger partial charge is 0.270 e. The number of non-ortho nitro benzene ring substituents is 1. The van der Waals surface area contributed by atoms with E-state index in [9.17, 15) is 10.1 Å². The Balaban J connectivity index is 2.08. The van der Waals surface area contributed by atoms with E-state index in [0.717, 1.165) is 18.4 Å². The predicted octanol–water partition coefficient (Wildman–Crippen LogP) is 1.85. The van der Waals surface area contributed by atoms with Gasteiger partial charge in [0.25, 0.3) is 5.69 Å². The first-order valence-electron chi connectivity index (χ1n) is 6.84. The third-order valence-corrected chi connectivity index (χ3v) is 3.25. The third kappa shape index (κ3) is 4.18. The molecule has 1 atom stereocenters. The SMILES string of the molecule is CC(CO)COc1ccc([N+](=O)[O-])cc1CNC1CC1. The average Bonchev–Trinajstić information content (AvgIpc) is 3.26. The van der Waals surface area contributed by atoms with E-state index in [1.165, 1.54) is 6.07 Å². The van der Waals surface area contributed by atoms with E-state index >= 15 is 0 Å². The summed E-state index contributed by atoms with van der Waals surface area (Å²) in [4.78, 5) is 10.4. The molecule has 0 amide bonds. The summed E-state index contributed by atoms with van der Waals surface area (Å²) < 4.78 is 5.65. The van der Waals surface area contributed by atoms with Crippen LogP contribution >= 0.6 is 0 Å². The minimum absolute atomic E-state index is 0.0365. The van der Waals surface area contributed by atoms with Crippen LogP contribution in [0.3, 0.4) is 0 Å². The molecule has 0 aromatic heterocycles. The van der Waals surface area contributed by atoms with Crippen molar-refractivity contribution in [2.45, 2.75) is 32.4 Å². The van der Waals surface area contributed by atoms with Gasteiger partial charge in [0.05, 0.1) is 11.5 Å². The first-order valence-corrected chi connectivity index (χ1v) is 6.84. The molecular formula is C14H20N2O4. The van der Waals surface area contributed by atoms with E-state index in [-0.39, 0.29) is 18.2 Å². The van der Waals surface area contributed by atoms with Gasteiger partial charge < -0.3 is 15.2 Å². The summed E-state index contributed by atoms with van der Waals surface area (Å²) in [5, 5.41) is 23.2. The molecule has 1 aromatic rings. The highest BCUT2D eigenvalue weighted by Gasteiger charge is 2.21. The van der Waals surface area contributed by atoms with Crippen LogP contribution in [0.4, 0.5) is 5.69 Å². The van der Waals surface area contributed by atoms with Crippen LogP contribution in [-0.2, 0) is 6.54 Å². The summed E-state index contributed by atoms with van der Waals surface area (Å²) in [6, 6.07) is 5.15. The van der Waals surface area contributed by atoms with Crippen molar-refractivity contribution >= 4 is 5.69 Å². The number of hydrogen-bond donors (Lipinski definition) is 2. The van der Waals surface area contributed by atoms with Gasteiger partial charge in [0.2, 0.25) is 0 Å². The second-order valence-electron chi connectivity index (χ2n) is 5.30. The molecule has 110 valence electrons. The average molecular weight is 280 g/mol. The van der Waals surface area contributed by atoms with Gasteiger partial charge in [-0.2, -0.15) is 0 Å². The number of nitrogens with zero attached hydrogens (tertiary/aromatic N) is 1. The maximum Gasteiger partial charge on any atom is 0.270 e. The Hall–Kier alpha value is -1.66. The maximum atomic E-state index is 10.8. The van der Waals surface area contributed by atoms with Gasteiger partial charge in [0.1, 0.15) is 5.75 Å². The first-order chi connectivity index (χ1) is 9.60. The van der Waals surface area contributed by atoms with Crippen molar-refractivity contribution < 1.29 is 14.8 Å². The predicted molar refractivity (Wildman–Crippen MR) is 74.7 cm³/mol. The number of aliphatic hydroxyl groups excluding tert-OH is 1. The third-order valence-electron chi connectivity index (χ3n) is 3.25. The lowest BCUT2D eigenvalue weighted by molar-refractivity contribution is -0.384. The molecule has 20 heavy (non-hydrogen) atoms. The fraction of sp³-hybridized carbons (Fsp3) is 0.571. The summed E-state index contributed by atoms with van der Waals surface area (Å²) >= 11 is 0. The molecule has 1 aromatic carbocycles. The molecular weight excluding hydrogens is 260 g/mol. The highest BCUT2D eigenvalue weighted by Crippen LogP contribution is 2.26. The fourth-order valence-electron chi connectivity index (χ4n) is 1.78. The molecule has 1 aliphatic carbocycles. The van der Waals surface area contributed by atoms with Crippen LogP contribution in [0, 0.1) is 16.0 Å². The van der Waals surface area contributed by atoms with Gasteiger partial charge in [-0.1, -0.05) is 6.92 Å². The minimum atomic E-state index is -0.402. The standard InChI is InChI=1S/C14H20N2O4/c1-10(8-17)9-20-14-5-4-13(16(18)19)6-11(14)7-15-12-2-3-12/h4-6,10,12,15,17H,2-3,7-9H2,1H3. The Kier molecular flexibility index (Phi) is 4.92. The van der Waals surface area contributed by atoms with Crippen LogP contribution in [0.2, 0.25) is 0 Å². The van der Waals surface area contributed by atoms with Gasteiger partial charge >= 0.3 is 0 Å². The number of nitro groups is 1. The Morgan fingerprint density at radius 2 is 2.30 bits per heavy atom. The van der Waals surface area contributed by atoms with Crippen LogP contribution in [0.15, 0.2) is 18.2 Å². The molecule has 2 rings (SSSR count). The van der Waals surface area contributed by atoms with E-state index in [1.807, 2.05) is 6.92 Å². The van der Waals surface area contributed by atoms with Crippen molar-refractivity contribution in [3.8, 4) is 5.75 Å². The summed E-state index contributed by atoms with van der Waals surface area (Å²) in [6.45, 7) is 2.90. The monoisotopic (exact) mass is 280 g/mol. The summed E-state index contributed by atoms with van der Waals surface area (Å²) in [5.41, 5.74) is 0.858. The van der Waals surface area contributed by atoms with E-state index < -0.39 is 4.92 Å². The van der Waals surface area contributed by atoms with Crippen molar-refractivity contribution in [2.75, 3.05) is 13.2 Å². The van der Waals surface area contributed by atoms with Crippen molar-refractivity contribution in [1.29, 1.82) is 0 Å². The van der Waals surface area contributed by atoms with Crippen molar-refractivity contribution in [3.05, 3.63) is 33.9 Å². The lowest BCUT2D eigenvalue weighted by Crippen LogP contribution is -2.18. The molecule has 0 heterocycles. The molecule has 0 radical (unpaired) electrons. The number of nitrogens with one attached hydrogen (secondary N) is 1. The van der Waals surface area contributed by atoms with Gasteiger partial charge in [-0.25, -0.2) is 0 Å². The lowest BCUT2D eigenvalue weighted by atomic mass is 10.1. The summed E-state index contributed by atoms with van der Waals surface area (Å²) in [6.07, 6.45) is 2.32. The van der Waals surface area contributed by atoms with E-state index in [1.54, 1.807) is 12.1 Å². The quantitative estimate of drug-likeness (QED) is 0.561. The molecule has 1 saturated carbocycles. The van der Waals surface area contributed by atoms with Gasteiger partial charge in [0, 0.05) is 42.8 Å². The van der Waals surface area contributed by atoms with Crippen LogP contribution in [0.1, 0.15) is 25.3 Å². The minimum Gasteiger partial charge on any atom is -0.493 e. The van der Waals surface area contributed by atoms with E-state index in [4.69, 9.17) is 9.84 Å². The van der Waals surface area contributed by atoms with Gasteiger partial charge in [-0.05, 0) is 18.9 Å². The van der Waals surface area contributed by atoms with Crippen LogP contribution in [0.25, 0.3) is 0 Å². The van der Waals surface area contributed by atoms with Crippen LogP contribution < -0.4 is 10.1 Å². The summed E-state index contributed by atoms with van der Waals surface area (Å²) in [5.74, 6) is 0.679. The Morgan fingerprint density at radius 1 is 1.55 bits per heavy atom. The van der Waals surface area contributed by atoms with E-state index in [2.05, 4.69) is 5.32 Å². The lowest BCUT2D eigenvalue weighted by Gasteiger charge is -2.14. The molecule has 0 spiro atoms. The van der Waals surface area contributed by atoms with Gasteiger partial charge in [0.15, 0.2) is 0 Å². The van der Waals surface area contributed by atoms with Crippen LogP contribution in [0.5, 0.6) is 5.75 Å². The number of ether oxygens (including phenoxy) is 1. The Labute approximate surface area is 117 Å². The second kappa shape index (κ2) is 6.67. The molecule has 1 unspecified atom stereocenters. The molecule has 0 aliphatic heterocycles. The van der Waals surface area contributed by atoms with Crippen molar-refractivity contribution in [3.63, 3.8) is 0 Å². The van der Waals surface area contributed by atoms with E-state index in [0.29, 0.717) is 24.9 Å². The summed E-state index contributed by atoms with van der Waals surface area (Å²) in [7, 11) is 0. The molecule has 2 N–H and O–H groups in total. The molecule has 6 nitrogen and oxygen atoms in total. The molecule has 1 aliphatic rings. The number of nitro benzene ring substituents is 1. The first kappa shape index (κ1) is 14.7. The number of aliphatic hydroxyl groups is 1. The number of benzene rings is 1. The number of hydrogen-bond acceptors (Lipinski definition) is 5. The Morgan fingerprint density at radius 3 is 2.90 bits per heavy atom. The largest absolute Gasteiger partial charge is 0.493 e. The van der Waals surface area contributed by atoms with Crippen molar-refractivity contribution in [2.24, 2.45) is 5.92 Å².